The van der Waals surface area contributed by atoms with E-state index < -0.39 is 31.1 Å². The van der Waals surface area contributed by atoms with Crippen LogP contribution in [0.3, 0.4) is 0 Å². The molecule has 0 saturated carbocycles. The highest BCUT2D eigenvalue weighted by molar-refractivity contribution is 8.13. The Morgan fingerprint density at radius 3 is 1.51 bits per heavy atom. The van der Waals surface area contributed by atoms with E-state index in [-0.39, 0.29) is 0 Å². The largest absolute Gasteiger partial charge is 0.480 e. The molecule has 39 heavy (non-hydrogen) atoms. The van der Waals surface area contributed by atoms with E-state index in [1.54, 1.807) is 0 Å². The first kappa shape index (κ1) is 37.4. The number of aromatic nitrogens is 2. The van der Waals surface area contributed by atoms with Crippen LogP contribution in [0.1, 0.15) is 96.8 Å². The van der Waals surface area contributed by atoms with E-state index in [0.717, 1.165) is 4.13 Å². The molecule has 0 spiro atoms. The second-order valence-corrected chi connectivity index (χ2v) is 12.6. The monoisotopic (exact) mass is 613 g/mol. The molecule has 0 unspecified atom stereocenters. The molecule has 0 aromatic carbocycles. The zero-order chi connectivity index (χ0) is 30.0. The lowest BCUT2D eigenvalue weighted by molar-refractivity contribution is -0.671. The van der Waals surface area contributed by atoms with Gasteiger partial charge in [0.2, 0.25) is 6.33 Å². The summed E-state index contributed by atoms with van der Waals surface area (Å²) in [6.07, 6.45) is 30.6. The Morgan fingerprint density at radius 1 is 0.718 bits per heavy atom. The topological polar surface area (TPSA) is 91.2 Å². The molecule has 0 aliphatic carbocycles. The van der Waals surface area contributed by atoms with E-state index in [1.807, 2.05) is 0 Å². The minimum atomic E-state index is -6.72. The van der Waals surface area contributed by atoms with Gasteiger partial charge in [-0.15, -0.1) is 0 Å². The fourth-order valence-corrected chi connectivity index (χ4v) is 5.10. The molecule has 0 bridgehead atoms. The van der Waals surface area contributed by atoms with E-state index >= 15 is 0 Å². The molecule has 0 amide bonds. The number of hydrogen-bond acceptors (Lipinski definition) is 4. The predicted octanol–water partition coefficient (Wildman–Crippen LogP) is 7.41. The maximum Gasteiger partial charge on any atom is 0.480 e. The smallest absolute Gasteiger partial charge is 0.421 e. The van der Waals surface area contributed by atoms with Crippen LogP contribution in [0, 0.1) is 0 Å². The SMILES string of the molecule is CCCCCCCC/C=C\CCCCCCCCn1cc[n+](C)c1.O=S(=O)([N-]S(=O)(=O)C(F)(F)F)C(F)(F)F. The van der Waals surface area contributed by atoms with E-state index in [9.17, 15) is 43.2 Å². The number of imidazole rings is 1. The summed E-state index contributed by atoms with van der Waals surface area (Å²) < 4.78 is 114. The molecule has 0 saturated heterocycles. The first-order chi connectivity index (χ1) is 18.0. The molecule has 0 N–H and O–H groups in total. The fraction of sp³-hybridized carbons (Fsp3) is 0.792. The van der Waals surface area contributed by atoms with E-state index in [0.29, 0.717) is 0 Å². The van der Waals surface area contributed by atoms with Crippen LogP contribution in [-0.2, 0) is 33.6 Å². The van der Waals surface area contributed by atoms with Crippen LogP contribution in [0.4, 0.5) is 26.3 Å². The van der Waals surface area contributed by atoms with E-state index in [4.69, 9.17) is 0 Å². The highest BCUT2D eigenvalue weighted by Gasteiger charge is 2.46. The molecule has 0 aliphatic rings. The second kappa shape index (κ2) is 18.7. The highest BCUT2D eigenvalue weighted by Crippen LogP contribution is 2.36. The zero-order valence-electron chi connectivity index (χ0n) is 22.6. The summed E-state index contributed by atoms with van der Waals surface area (Å²) in [6.45, 7) is 3.45. The molecule has 0 radical (unpaired) electrons. The number of unbranched alkanes of at least 4 members (excludes halogenated alkanes) is 12. The van der Waals surface area contributed by atoms with Crippen molar-refractivity contribution in [2.24, 2.45) is 7.05 Å². The van der Waals surface area contributed by atoms with Crippen molar-refractivity contribution in [3.63, 3.8) is 0 Å². The molecule has 15 heteroatoms. The third kappa shape index (κ3) is 17.6. The predicted molar refractivity (Wildman–Crippen MR) is 138 cm³/mol. The quantitative estimate of drug-likeness (QED) is 0.0746. The summed E-state index contributed by atoms with van der Waals surface area (Å²) in [5.41, 5.74) is -12.4. The van der Waals surface area contributed by atoms with Crippen LogP contribution >= 0.6 is 0 Å². The van der Waals surface area contributed by atoms with Crippen LogP contribution in [0.2, 0.25) is 0 Å². The number of sulfonamides is 2. The molecule has 7 nitrogen and oxygen atoms in total. The molecular formula is C24H41F6N3O4S2. The third-order valence-electron chi connectivity index (χ3n) is 5.53. The lowest BCUT2D eigenvalue weighted by Crippen LogP contribution is -2.30. The van der Waals surface area contributed by atoms with Crippen molar-refractivity contribution in [2.75, 3.05) is 0 Å². The Hall–Kier alpha value is -1.61. The van der Waals surface area contributed by atoms with Gasteiger partial charge < -0.3 is 4.13 Å². The van der Waals surface area contributed by atoms with Gasteiger partial charge in [-0.25, -0.2) is 26.0 Å². The Kier molecular flexibility index (Phi) is 17.9. The molecule has 0 aliphatic heterocycles. The van der Waals surface area contributed by atoms with Gasteiger partial charge in [0.05, 0.1) is 13.6 Å². The zero-order valence-corrected chi connectivity index (χ0v) is 24.2. The molecule has 0 atom stereocenters. The maximum atomic E-state index is 11.4. The Bertz CT molecular complexity index is 979. The van der Waals surface area contributed by atoms with Crippen LogP contribution in [0.25, 0.3) is 4.13 Å². The standard InChI is InChI=1S/C22H41N2.C2F6NO4S2/c1-3-4-5-6-7-8-9-10-11-12-13-14-15-16-17-18-19-24-21-20-23(2)22-24;3-1(4,5)14(10,11)9-15(12,13)2(6,7)8/h10-11,20-22H,3-9,12-19H2,1-2H3;/q+1;-1/b11-10-;. The van der Waals surface area contributed by atoms with Crippen molar-refractivity contribution >= 4 is 20.0 Å². The summed E-state index contributed by atoms with van der Waals surface area (Å²) >= 11 is 0. The van der Waals surface area contributed by atoms with Crippen LogP contribution in [0.15, 0.2) is 30.9 Å². The van der Waals surface area contributed by atoms with Crippen molar-refractivity contribution in [2.45, 2.75) is 114 Å². The second-order valence-electron chi connectivity index (χ2n) is 9.17. The van der Waals surface area contributed by atoms with Crippen molar-refractivity contribution in [3.05, 3.63) is 35.0 Å². The number of alkyl halides is 6. The minimum Gasteiger partial charge on any atom is -0.421 e. The van der Waals surface area contributed by atoms with Gasteiger partial charge in [0.25, 0.3) is 0 Å². The summed E-state index contributed by atoms with van der Waals surface area (Å²) in [5.74, 6) is 0. The number of hydrogen-bond donors (Lipinski definition) is 0. The van der Waals surface area contributed by atoms with Gasteiger partial charge in [-0.1, -0.05) is 70.4 Å². The van der Waals surface area contributed by atoms with Crippen molar-refractivity contribution in [3.8, 4) is 0 Å². The van der Waals surface area contributed by atoms with Crippen molar-refractivity contribution in [1.82, 2.24) is 4.57 Å². The first-order valence-electron chi connectivity index (χ1n) is 13.1. The summed E-state index contributed by atoms with van der Waals surface area (Å²) in [5, 5.41) is 0. The number of aryl methyl sites for hydroxylation is 2. The molecule has 1 aromatic heterocycles. The molecule has 1 aromatic rings. The number of halogens is 6. The van der Waals surface area contributed by atoms with Gasteiger partial charge in [0, 0.05) is 0 Å². The Balaban J connectivity index is 0.000000830. The Morgan fingerprint density at radius 2 is 1.13 bits per heavy atom. The number of nitrogens with zero attached hydrogens (tertiary/aromatic N) is 3. The van der Waals surface area contributed by atoms with Crippen LogP contribution < -0.4 is 4.57 Å². The van der Waals surface area contributed by atoms with Crippen molar-refractivity contribution in [1.29, 1.82) is 0 Å². The van der Waals surface area contributed by atoms with Crippen LogP contribution in [-0.4, -0.2) is 32.4 Å². The minimum absolute atomic E-state index is 0.778. The summed E-state index contributed by atoms with van der Waals surface area (Å²) in [7, 11) is -11.4. The van der Waals surface area contributed by atoms with Gasteiger partial charge in [0.15, 0.2) is 20.0 Å². The van der Waals surface area contributed by atoms with Gasteiger partial charge in [-0.3, -0.25) is 0 Å². The van der Waals surface area contributed by atoms with E-state index in [1.165, 1.54) is 96.4 Å². The lowest BCUT2D eigenvalue weighted by Gasteiger charge is -2.22. The molecule has 1 rings (SSSR count). The highest BCUT2D eigenvalue weighted by atomic mass is 32.3. The third-order valence-corrected chi connectivity index (χ3v) is 8.27. The molecule has 230 valence electrons. The summed E-state index contributed by atoms with van der Waals surface area (Å²) in [6, 6.07) is 0. The molecule has 0 fully saturated rings. The van der Waals surface area contributed by atoms with Gasteiger partial charge in [-0.05, 0) is 38.5 Å². The van der Waals surface area contributed by atoms with Gasteiger partial charge >= 0.3 is 11.0 Å². The molecule has 1 heterocycles. The fourth-order valence-electron chi connectivity index (χ4n) is 3.39. The van der Waals surface area contributed by atoms with E-state index in [2.05, 4.69) is 54.0 Å². The van der Waals surface area contributed by atoms with Gasteiger partial charge in [-0.2, -0.15) is 26.3 Å². The van der Waals surface area contributed by atoms with Gasteiger partial charge in [0.1, 0.15) is 12.4 Å². The first-order valence-corrected chi connectivity index (χ1v) is 15.9. The summed E-state index contributed by atoms with van der Waals surface area (Å²) in [4.78, 5) is 0. The van der Waals surface area contributed by atoms with Crippen LogP contribution in [0.5, 0.6) is 0 Å². The number of allylic oxidation sites excluding steroid dienone is 2. The number of rotatable bonds is 18. The maximum absolute atomic E-state index is 11.4. The average molecular weight is 614 g/mol. The lowest BCUT2D eigenvalue weighted by atomic mass is 10.1. The average Bonchev–Trinajstić information content (AvgIpc) is 3.22. The molecular weight excluding hydrogens is 572 g/mol. The normalized spacial score (nSPS) is 13.0. The Labute approximate surface area is 228 Å². The van der Waals surface area contributed by atoms with Crippen molar-refractivity contribution < 1.29 is 47.7 Å².